The molecule has 9 heteroatoms. The van der Waals surface area contributed by atoms with Gasteiger partial charge in [-0.2, -0.15) is 5.26 Å². The van der Waals surface area contributed by atoms with Gasteiger partial charge in [-0.3, -0.25) is 14.0 Å². The van der Waals surface area contributed by atoms with Crippen LogP contribution in [-0.2, 0) is 11.3 Å². The zero-order valence-corrected chi connectivity index (χ0v) is 18.0. The normalized spacial score (nSPS) is 15.0. The Morgan fingerprint density at radius 1 is 1.28 bits per heavy atom. The van der Waals surface area contributed by atoms with E-state index in [1.807, 2.05) is 31.0 Å². The highest BCUT2D eigenvalue weighted by Crippen LogP contribution is 2.21. The van der Waals surface area contributed by atoms with Crippen molar-refractivity contribution in [2.24, 2.45) is 0 Å². The van der Waals surface area contributed by atoms with Gasteiger partial charge < -0.3 is 19.5 Å². The number of rotatable bonds is 5. The Balaban J connectivity index is 1.77. The van der Waals surface area contributed by atoms with E-state index in [2.05, 4.69) is 10.2 Å². The SMILES string of the molecule is Cc1cccn2c(=O)c(/C=C(\C#N)C(=O)NCc3ccco3)c(N3CCN(C)CC3)nc12. The number of hydrogen-bond acceptors (Lipinski definition) is 7. The summed E-state index contributed by atoms with van der Waals surface area (Å²) in [4.78, 5) is 35.1. The van der Waals surface area contributed by atoms with Gasteiger partial charge in [-0.05, 0) is 43.8 Å². The van der Waals surface area contributed by atoms with Gasteiger partial charge in [-0.25, -0.2) is 4.98 Å². The third-order valence-corrected chi connectivity index (χ3v) is 5.52. The molecule has 9 nitrogen and oxygen atoms in total. The van der Waals surface area contributed by atoms with Crippen LogP contribution in [-0.4, -0.2) is 53.4 Å². The van der Waals surface area contributed by atoms with Crippen LogP contribution in [0.2, 0.25) is 0 Å². The van der Waals surface area contributed by atoms with E-state index < -0.39 is 5.91 Å². The maximum Gasteiger partial charge on any atom is 0.267 e. The number of furan rings is 1. The van der Waals surface area contributed by atoms with E-state index in [1.54, 1.807) is 24.4 Å². The van der Waals surface area contributed by atoms with E-state index in [0.29, 0.717) is 30.3 Å². The number of hydrogen-bond donors (Lipinski definition) is 1. The molecular formula is C23H24N6O3. The van der Waals surface area contributed by atoms with Crippen LogP contribution in [0.1, 0.15) is 16.9 Å². The van der Waals surface area contributed by atoms with Gasteiger partial charge in [0.1, 0.15) is 28.9 Å². The molecule has 0 atom stereocenters. The second-order valence-electron chi connectivity index (χ2n) is 7.76. The number of nitrogens with one attached hydrogen (secondary N) is 1. The third-order valence-electron chi connectivity index (χ3n) is 5.52. The molecule has 1 saturated heterocycles. The number of fused-ring (bicyclic) bond motifs is 1. The number of carbonyl (C=O) groups is 1. The zero-order valence-electron chi connectivity index (χ0n) is 18.0. The fourth-order valence-corrected chi connectivity index (χ4v) is 3.65. The van der Waals surface area contributed by atoms with Gasteiger partial charge in [-0.1, -0.05) is 6.07 Å². The molecule has 1 aliphatic rings. The van der Waals surface area contributed by atoms with Crippen molar-refractivity contribution in [2.45, 2.75) is 13.5 Å². The molecule has 0 aliphatic carbocycles. The van der Waals surface area contributed by atoms with Crippen LogP contribution in [0.25, 0.3) is 11.7 Å². The smallest absolute Gasteiger partial charge is 0.267 e. The maximum absolute atomic E-state index is 13.4. The lowest BCUT2D eigenvalue weighted by Gasteiger charge is -2.34. The summed E-state index contributed by atoms with van der Waals surface area (Å²) in [5.41, 5.74) is 1.16. The largest absolute Gasteiger partial charge is 0.467 e. The first-order valence-corrected chi connectivity index (χ1v) is 10.4. The summed E-state index contributed by atoms with van der Waals surface area (Å²) < 4.78 is 6.66. The first-order chi connectivity index (χ1) is 15.5. The molecule has 0 aromatic carbocycles. The summed E-state index contributed by atoms with van der Waals surface area (Å²) in [5.74, 6) is 0.475. The predicted octanol–water partition coefficient (Wildman–Crippen LogP) is 1.57. The minimum atomic E-state index is -0.582. The Morgan fingerprint density at radius 2 is 2.06 bits per heavy atom. The van der Waals surface area contributed by atoms with Crippen LogP contribution in [0, 0.1) is 18.3 Å². The second kappa shape index (κ2) is 9.08. The van der Waals surface area contributed by atoms with E-state index in [1.165, 1.54) is 16.7 Å². The van der Waals surface area contributed by atoms with Crippen molar-refractivity contribution in [3.8, 4) is 6.07 Å². The molecule has 0 radical (unpaired) electrons. The van der Waals surface area contributed by atoms with Gasteiger partial charge in [0.15, 0.2) is 0 Å². The molecule has 3 aromatic rings. The van der Waals surface area contributed by atoms with Gasteiger partial charge >= 0.3 is 0 Å². The number of nitrogens with zero attached hydrogens (tertiary/aromatic N) is 5. The lowest BCUT2D eigenvalue weighted by Crippen LogP contribution is -2.45. The Hall–Kier alpha value is -3.90. The third kappa shape index (κ3) is 4.26. The summed E-state index contributed by atoms with van der Waals surface area (Å²) in [6, 6.07) is 9.03. The molecule has 4 rings (SSSR count). The number of amides is 1. The van der Waals surface area contributed by atoms with Crippen molar-refractivity contribution in [1.82, 2.24) is 19.6 Å². The van der Waals surface area contributed by atoms with E-state index in [9.17, 15) is 14.9 Å². The number of pyridine rings is 1. The summed E-state index contributed by atoms with van der Waals surface area (Å²) in [6.45, 7) is 5.08. The topological polar surface area (TPSA) is 107 Å². The molecule has 0 saturated carbocycles. The van der Waals surface area contributed by atoms with Crippen molar-refractivity contribution in [3.05, 3.63) is 69.5 Å². The highest BCUT2D eigenvalue weighted by atomic mass is 16.3. The molecule has 1 N–H and O–H groups in total. The monoisotopic (exact) mass is 432 g/mol. The Bertz CT molecular complexity index is 1260. The Kier molecular flexibility index (Phi) is 6.05. The van der Waals surface area contributed by atoms with Crippen LogP contribution in [0.3, 0.4) is 0 Å². The Labute approximate surface area is 185 Å². The van der Waals surface area contributed by atoms with Crippen LogP contribution >= 0.6 is 0 Å². The fraction of sp³-hybridized carbons (Fsp3) is 0.304. The van der Waals surface area contributed by atoms with E-state index in [-0.39, 0.29) is 23.2 Å². The van der Waals surface area contributed by atoms with E-state index >= 15 is 0 Å². The van der Waals surface area contributed by atoms with Gasteiger partial charge in [-0.15, -0.1) is 0 Å². The van der Waals surface area contributed by atoms with E-state index in [0.717, 1.165) is 18.7 Å². The molecule has 1 amide bonds. The quantitative estimate of drug-likeness (QED) is 0.482. The molecule has 164 valence electrons. The van der Waals surface area contributed by atoms with Gasteiger partial charge in [0, 0.05) is 32.4 Å². The molecule has 1 aliphatic heterocycles. The molecule has 0 spiro atoms. The molecule has 1 fully saturated rings. The molecule has 0 unspecified atom stereocenters. The number of likely N-dealkylation sites (N-methyl/N-ethyl adjacent to an activating group) is 1. The lowest BCUT2D eigenvalue weighted by atomic mass is 10.1. The van der Waals surface area contributed by atoms with Crippen molar-refractivity contribution in [3.63, 3.8) is 0 Å². The predicted molar refractivity (Wildman–Crippen MR) is 120 cm³/mol. The number of anilines is 1. The molecule has 3 aromatic heterocycles. The standard InChI is InChI=1S/C23H24N6O3/c1-16-5-3-7-29-20(16)26-21(28-10-8-27(2)9-11-28)19(23(29)31)13-17(14-24)22(30)25-15-18-6-4-12-32-18/h3-7,12-13H,8-11,15H2,1-2H3,(H,25,30)/b17-13+. The summed E-state index contributed by atoms with van der Waals surface area (Å²) in [6.07, 6.45) is 4.50. The second-order valence-corrected chi connectivity index (χ2v) is 7.76. The van der Waals surface area contributed by atoms with Crippen LogP contribution < -0.4 is 15.8 Å². The van der Waals surface area contributed by atoms with Crippen molar-refractivity contribution in [2.75, 3.05) is 38.1 Å². The molecule has 32 heavy (non-hydrogen) atoms. The van der Waals surface area contributed by atoms with Crippen molar-refractivity contribution in [1.29, 1.82) is 5.26 Å². The number of nitriles is 1. The number of carbonyl (C=O) groups excluding carboxylic acids is 1. The molecule has 0 bridgehead atoms. The number of aromatic nitrogens is 2. The van der Waals surface area contributed by atoms with Crippen molar-refractivity contribution >= 4 is 23.4 Å². The minimum Gasteiger partial charge on any atom is -0.467 e. The minimum absolute atomic E-state index is 0.143. The fourth-order valence-electron chi connectivity index (χ4n) is 3.65. The first-order valence-electron chi connectivity index (χ1n) is 10.4. The molecular weight excluding hydrogens is 408 g/mol. The summed E-state index contributed by atoms with van der Waals surface area (Å²) in [7, 11) is 2.04. The first kappa shape index (κ1) is 21.3. The summed E-state index contributed by atoms with van der Waals surface area (Å²) >= 11 is 0. The van der Waals surface area contributed by atoms with Gasteiger partial charge in [0.2, 0.25) is 0 Å². The van der Waals surface area contributed by atoms with Crippen LogP contribution in [0.5, 0.6) is 0 Å². The highest BCUT2D eigenvalue weighted by molar-refractivity contribution is 6.02. The lowest BCUT2D eigenvalue weighted by molar-refractivity contribution is -0.117. The van der Waals surface area contributed by atoms with Crippen LogP contribution in [0.4, 0.5) is 5.82 Å². The van der Waals surface area contributed by atoms with Crippen LogP contribution in [0.15, 0.2) is 51.5 Å². The average Bonchev–Trinajstić information content (AvgIpc) is 3.32. The van der Waals surface area contributed by atoms with Crippen molar-refractivity contribution < 1.29 is 9.21 Å². The zero-order chi connectivity index (χ0) is 22.7. The van der Waals surface area contributed by atoms with Gasteiger partial charge in [0.05, 0.1) is 18.4 Å². The maximum atomic E-state index is 13.4. The number of piperazine rings is 1. The number of aryl methyl sites for hydroxylation is 1. The molecule has 4 heterocycles. The van der Waals surface area contributed by atoms with Gasteiger partial charge in [0.25, 0.3) is 11.5 Å². The van der Waals surface area contributed by atoms with E-state index in [4.69, 9.17) is 9.40 Å². The Morgan fingerprint density at radius 3 is 2.75 bits per heavy atom. The highest BCUT2D eigenvalue weighted by Gasteiger charge is 2.23. The average molecular weight is 432 g/mol. The summed E-state index contributed by atoms with van der Waals surface area (Å²) in [5, 5.41) is 12.3.